The second kappa shape index (κ2) is 4.79. The summed E-state index contributed by atoms with van der Waals surface area (Å²) >= 11 is 5.50. The van der Waals surface area contributed by atoms with E-state index in [0.717, 1.165) is 0 Å². The van der Waals surface area contributed by atoms with Gasteiger partial charge in [0.25, 0.3) is 0 Å². The number of carbonyl (C=O) groups is 2. The first-order valence-corrected chi connectivity index (χ1v) is 4.75. The summed E-state index contributed by atoms with van der Waals surface area (Å²) in [4.78, 5) is 21.7. The summed E-state index contributed by atoms with van der Waals surface area (Å²) < 4.78 is 0. The van der Waals surface area contributed by atoms with Crippen LogP contribution in [0, 0.1) is 0 Å². The molecule has 0 aliphatic carbocycles. The first kappa shape index (κ1) is 11.5. The van der Waals surface area contributed by atoms with Crippen molar-refractivity contribution in [2.75, 3.05) is 5.88 Å². The Balaban J connectivity index is 3.34. The highest BCUT2D eigenvalue weighted by Gasteiger charge is 2.16. The van der Waals surface area contributed by atoms with Crippen LogP contribution in [-0.4, -0.2) is 28.0 Å². The van der Waals surface area contributed by atoms with Gasteiger partial charge in [0, 0.05) is 5.88 Å². The lowest BCUT2D eigenvalue weighted by Gasteiger charge is -2.07. The molecular formula is C10H9ClO4. The first-order chi connectivity index (χ1) is 7.07. The van der Waals surface area contributed by atoms with E-state index in [0.29, 0.717) is 0 Å². The maximum Gasteiger partial charge on any atom is 0.335 e. The molecule has 80 valence electrons. The number of rotatable bonds is 4. The van der Waals surface area contributed by atoms with Gasteiger partial charge in [0.1, 0.15) is 0 Å². The predicted molar refractivity (Wildman–Crippen MR) is 54.8 cm³/mol. The average molecular weight is 229 g/mol. The highest BCUT2D eigenvalue weighted by atomic mass is 35.5. The highest BCUT2D eigenvalue weighted by Crippen LogP contribution is 2.16. The molecule has 0 saturated carbocycles. The van der Waals surface area contributed by atoms with Crippen molar-refractivity contribution < 1.29 is 19.8 Å². The fourth-order valence-electron chi connectivity index (χ4n) is 1.35. The molecule has 0 saturated heterocycles. The minimum atomic E-state index is -1.14. The Morgan fingerprint density at radius 1 is 1.13 bits per heavy atom. The zero-order valence-corrected chi connectivity index (χ0v) is 8.49. The maximum atomic E-state index is 10.8. The van der Waals surface area contributed by atoms with E-state index in [2.05, 4.69) is 0 Å². The van der Waals surface area contributed by atoms with Crippen LogP contribution >= 0.6 is 11.6 Å². The van der Waals surface area contributed by atoms with E-state index in [1.54, 1.807) is 0 Å². The zero-order valence-electron chi connectivity index (χ0n) is 7.74. The van der Waals surface area contributed by atoms with E-state index in [1.165, 1.54) is 18.2 Å². The van der Waals surface area contributed by atoms with E-state index >= 15 is 0 Å². The van der Waals surface area contributed by atoms with Crippen molar-refractivity contribution >= 4 is 23.5 Å². The number of halogens is 1. The number of carboxylic acid groups (broad SMARTS) is 2. The quantitative estimate of drug-likeness (QED) is 0.772. The van der Waals surface area contributed by atoms with Crippen molar-refractivity contribution in [3.8, 4) is 0 Å². The number of alkyl halides is 1. The standard InChI is InChI=1S/C10H9ClO4/c11-5-4-6-7(9(12)13)2-1-3-8(6)10(14)15/h1-3H,4-5H2,(H,12,13)(H,14,15). The summed E-state index contributed by atoms with van der Waals surface area (Å²) in [5.41, 5.74) is 0.263. The van der Waals surface area contributed by atoms with Crippen LogP contribution in [0.15, 0.2) is 18.2 Å². The van der Waals surface area contributed by atoms with Gasteiger partial charge in [-0.3, -0.25) is 0 Å². The predicted octanol–water partition coefficient (Wildman–Crippen LogP) is 1.86. The van der Waals surface area contributed by atoms with Crippen LogP contribution in [0.5, 0.6) is 0 Å². The molecule has 0 unspecified atom stereocenters. The Labute approximate surface area is 91.1 Å². The maximum absolute atomic E-state index is 10.8. The second-order valence-corrected chi connectivity index (χ2v) is 3.26. The Kier molecular flexibility index (Phi) is 3.68. The molecule has 0 bridgehead atoms. The summed E-state index contributed by atoms with van der Waals surface area (Å²) in [5.74, 6) is -2.10. The van der Waals surface area contributed by atoms with Crippen molar-refractivity contribution in [3.63, 3.8) is 0 Å². The molecule has 4 nitrogen and oxygen atoms in total. The van der Waals surface area contributed by atoms with Gasteiger partial charge in [-0.05, 0) is 24.1 Å². The first-order valence-electron chi connectivity index (χ1n) is 4.22. The molecule has 1 rings (SSSR count). The van der Waals surface area contributed by atoms with E-state index < -0.39 is 11.9 Å². The smallest absolute Gasteiger partial charge is 0.335 e. The summed E-state index contributed by atoms with van der Waals surface area (Å²) in [6.45, 7) is 0. The molecule has 0 fully saturated rings. The fourth-order valence-corrected chi connectivity index (χ4v) is 1.54. The SMILES string of the molecule is O=C(O)c1cccc(C(=O)O)c1CCCl. The van der Waals surface area contributed by atoms with Crippen molar-refractivity contribution in [2.45, 2.75) is 6.42 Å². The Hall–Kier alpha value is -1.55. The van der Waals surface area contributed by atoms with E-state index in [4.69, 9.17) is 21.8 Å². The third-order valence-corrected chi connectivity index (χ3v) is 2.17. The lowest BCUT2D eigenvalue weighted by atomic mass is 9.99. The Morgan fingerprint density at radius 2 is 1.60 bits per heavy atom. The summed E-state index contributed by atoms with van der Waals surface area (Å²) in [7, 11) is 0. The van der Waals surface area contributed by atoms with Crippen LogP contribution in [0.3, 0.4) is 0 Å². The van der Waals surface area contributed by atoms with Crippen LogP contribution in [0.25, 0.3) is 0 Å². The normalized spacial score (nSPS) is 9.93. The lowest BCUT2D eigenvalue weighted by molar-refractivity contribution is 0.0695. The minimum absolute atomic E-state index is 0.00412. The zero-order chi connectivity index (χ0) is 11.4. The van der Waals surface area contributed by atoms with Crippen molar-refractivity contribution in [3.05, 3.63) is 34.9 Å². The van der Waals surface area contributed by atoms with Crippen LogP contribution in [0.4, 0.5) is 0 Å². The Morgan fingerprint density at radius 3 is 1.93 bits per heavy atom. The molecule has 0 aromatic heterocycles. The van der Waals surface area contributed by atoms with E-state index in [9.17, 15) is 9.59 Å². The van der Waals surface area contributed by atoms with Crippen molar-refractivity contribution in [2.24, 2.45) is 0 Å². The molecular weight excluding hydrogens is 220 g/mol. The largest absolute Gasteiger partial charge is 0.478 e. The van der Waals surface area contributed by atoms with Crippen LogP contribution in [0.2, 0.25) is 0 Å². The second-order valence-electron chi connectivity index (χ2n) is 2.88. The van der Waals surface area contributed by atoms with Crippen LogP contribution in [-0.2, 0) is 6.42 Å². The van der Waals surface area contributed by atoms with Gasteiger partial charge in [0.05, 0.1) is 11.1 Å². The van der Waals surface area contributed by atoms with E-state index in [1.807, 2.05) is 0 Å². The molecule has 0 aliphatic rings. The molecule has 0 aliphatic heterocycles. The van der Waals surface area contributed by atoms with Gasteiger partial charge in [-0.25, -0.2) is 9.59 Å². The molecule has 1 aromatic rings. The molecule has 0 heterocycles. The topological polar surface area (TPSA) is 74.6 Å². The van der Waals surface area contributed by atoms with Gasteiger partial charge in [0.15, 0.2) is 0 Å². The summed E-state index contributed by atoms with van der Waals surface area (Å²) in [6.07, 6.45) is 0.228. The van der Waals surface area contributed by atoms with Crippen LogP contribution < -0.4 is 0 Å². The number of benzene rings is 1. The Bertz CT molecular complexity index is 368. The third kappa shape index (κ3) is 2.47. The molecule has 2 N–H and O–H groups in total. The molecule has 0 amide bonds. The van der Waals surface area contributed by atoms with Gasteiger partial charge >= 0.3 is 11.9 Å². The highest BCUT2D eigenvalue weighted by molar-refractivity contribution is 6.18. The van der Waals surface area contributed by atoms with Crippen molar-refractivity contribution in [1.29, 1.82) is 0 Å². The molecule has 0 atom stereocenters. The number of hydrogen-bond acceptors (Lipinski definition) is 2. The third-order valence-electron chi connectivity index (χ3n) is 1.98. The van der Waals surface area contributed by atoms with Crippen LogP contribution in [0.1, 0.15) is 26.3 Å². The minimum Gasteiger partial charge on any atom is -0.478 e. The van der Waals surface area contributed by atoms with Gasteiger partial charge < -0.3 is 10.2 Å². The molecule has 5 heteroatoms. The van der Waals surface area contributed by atoms with Crippen molar-refractivity contribution in [1.82, 2.24) is 0 Å². The average Bonchev–Trinajstić information content (AvgIpc) is 2.17. The molecule has 15 heavy (non-hydrogen) atoms. The molecule has 0 spiro atoms. The number of aromatic carboxylic acids is 2. The van der Waals surface area contributed by atoms with Gasteiger partial charge in [-0.15, -0.1) is 11.6 Å². The number of carboxylic acids is 2. The molecule has 0 radical (unpaired) electrons. The monoisotopic (exact) mass is 228 g/mol. The molecule has 1 aromatic carbocycles. The van der Waals surface area contributed by atoms with E-state index in [-0.39, 0.29) is 29.0 Å². The fraction of sp³-hybridized carbons (Fsp3) is 0.200. The lowest BCUT2D eigenvalue weighted by Crippen LogP contribution is -2.10. The summed E-state index contributed by atoms with van der Waals surface area (Å²) in [5, 5.41) is 17.7. The van der Waals surface area contributed by atoms with Gasteiger partial charge in [-0.2, -0.15) is 0 Å². The number of hydrogen-bond donors (Lipinski definition) is 2. The summed E-state index contributed by atoms with van der Waals surface area (Å²) in [6, 6.07) is 4.15. The van der Waals surface area contributed by atoms with Gasteiger partial charge in [0.2, 0.25) is 0 Å². The van der Waals surface area contributed by atoms with Gasteiger partial charge in [-0.1, -0.05) is 6.07 Å².